The number of nitrogens with zero attached hydrogens (tertiary/aromatic N) is 1. The van der Waals surface area contributed by atoms with Crippen LogP contribution < -0.4 is 5.73 Å². The summed E-state index contributed by atoms with van der Waals surface area (Å²) in [5, 5.41) is 0. The molecule has 106 valence electrons. The first kappa shape index (κ1) is 14.4. The Morgan fingerprint density at radius 1 is 1.26 bits per heavy atom. The van der Waals surface area contributed by atoms with Crippen LogP contribution in [-0.4, -0.2) is 30.6 Å². The van der Waals surface area contributed by atoms with E-state index in [-0.39, 0.29) is 18.2 Å². The number of alkyl halides is 2. The summed E-state index contributed by atoms with van der Waals surface area (Å²) in [5.41, 5.74) is 5.97. The summed E-state index contributed by atoms with van der Waals surface area (Å²) in [4.78, 5) is 1.85. The molecule has 1 atom stereocenters. The van der Waals surface area contributed by atoms with Crippen molar-refractivity contribution in [1.82, 2.24) is 4.90 Å². The standard InChI is InChI=1S/C15H22F2N2/c1-12(18)13-7-9-19(10-8-13)11-15(16,17)14-5-3-2-4-6-14/h2-6,12-13H,7-11,18H2,1H3. The summed E-state index contributed by atoms with van der Waals surface area (Å²) in [6, 6.07) is 8.23. The van der Waals surface area contributed by atoms with Crippen LogP contribution in [0.15, 0.2) is 30.3 Å². The van der Waals surface area contributed by atoms with Gasteiger partial charge >= 0.3 is 0 Å². The second-order valence-electron chi connectivity index (χ2n) is 5.54. The van der Waals surface area contributed by atoms with E-state index in [1.807, 2.05) is 11.8 Å². The van der Waals surface area contributed by atoms with E-state index in [1.165, 1.54) is 12.1 Å². The molecule has 0 spiro atoms. The van der Waals surface area contributed by atoms with Crippen LogP contribution in [0.3, 0.4) is 0 Å². The van der Waals surface area contributed by atoms with Gasteiger partial charge in [0.05, 0.1) is 6.54 Å². The van der Waals surface area contributed by atoms with Crippen LogP contribution in [0.25, 0.3) is 0 Å². The van der Waals surface area contributed by atoms with E-state index in [1.54, 1.807) is 18.2 Å². The second kappa shape index (κ2) is 5.97. The molecule has 0 amide bonds. The molecule has 2 rings (SSSR count). The van der Waals surface area contributed by atoms with Crippen LogP contribution in [0.4, 0.5) is 8.78 Å². The van der Waals surface area contributed by atoms with Crippen molar-refractivity contribution in [3.63, 3.8) is 0 Å². The van der Waals surface area contributed by atoms with Crippen LogP contribution in [0.2, 0.25) is 0 Å². The summed E-state index contributed by atoms with van der Waals surface area (Å²) in [6.45, 7) is 3.24. The van der Waals surface area contributed by atoms with Gasteiger partial charge in [0.25, 0.3) is 5.92 Å². The summed E-state index contributed by atoms with van der Waals surface area (Å²) < 4.78 is 28.3. The van der Waals surface area contributed by atoms with E-state index >= 15 is 0 Å². The number of hydrogen-bond acceptors (Lipinski definition) is 2. The molecule has 19 heavy (non-hydrogen) atoms. The first-order chi connectivity index (χ1) is 8.99. The highest BCUT2D eigenvalue weighted by Gasteiger charge is 2.35. The monoisotopic (exact) mass is 268 g/mol. The van der Waals surface area contributed by atoms with E-state index in [2.05, 4.69) is 0 Å². The van der Waals surface area contributed by atoms with Gasteiger partial charge < -0.3 is 5.73 Å². The van der Waals surface area contributed by atoms with Gasteiger partial charge in [-0.3, -0.25) is 4.90 Å². The fourth-order valence-electron chi connectivity index (χ4n) is 2.69. The molecule has 0 aromatic heterocycles. The van der Waals surface area contributed by atoms with E-state index in [0.717, 1.165) is 12.8 Å². The molecule has 1 aliphatic heterocycles. The molecule has 4 heteroatoms. The molecule has 1 aromatic rings. The van der Waals surface area contributed by atoms with Gasteiger partial charge in [0.1, 0.15) is 0 Å². The summed E-state index contributed by atoms with van der Waals surface area (Å²) in [6.07, 6.45) is 1.84. The molecule has 1 saturated heterocycles. The van der Waals surface area contributed by atoms with Gasteiger partial charge in [-0.15, -0.1) is 0 Å². The largest absolute Gasteiger partial charge is 0.328 e. The number of halogens is 2. The van der Waals surface area contributed by atoms with Gasteiger partial charge in [0, 0.05) is 11.6 Å². The van der Waals surface area contributed by atoms with E-state index < -0.39 is 5.92 Å². The highest BCUT2D eigenvalue weighted by atomic mass is 19.3. The quantitative estimate of drug-likeness (QED) is 0.910. The Labute approximate surface area is 113 Å². The lowest BCUT2D eigenvalue weighted by atomic mass is 9.90. The Bertz CT molecular complexity index is 384. The number of piperidine rings is 1. The third-order valence-electron chi connectivity index (χ3n) is 3.99. The average molecular weight is 268 g/mol. The van der Waals surface area contributed by atoms with Crippen LogP contribution >= 0.6 is 0 Å². The Morgan fingerprint density at radius 2 is 1.84 bits per heavy atom. The minimum Gasteiger partial charge on any atom is -0.328 e. The molecule has 1 fully saturated rings. The lowest BCUT2D eigenvalue weighted by molar-refractivity contribution is -0.0450. The fraction of sp³-hybridized carbons (Fsp3) is 0.600. The van der Waals surface area contributed by atoms with Crippen LogP contribution in [0.5, 0.6) is 0 Å². The van der Waals surface area contributed by atoms with Crippen molar-refractivity contribution < 1.29 is 8.78 Å². The van der Waals surface area contributed by atoms with Crippen LogP contribution in [0.1, 0.15) is 25.3 Å². The predicted octanol–water partition coefficient (Wildman–Crippen LogP) is 2.84. The second-order valence-corrected chi connectivity index (χ2v) is 5.54. The Hall–Kier alpha value is -1.00. The topological polar surface area (TPSA) is 29.3 Å². The van der Waals surface area contributed by atoms with Gasteiger partial charge in [-0.05, 0) is 38.8 Å². The number of benzene rings is 1. The van der Waals surface area contributed by atoms with Crippen molar-refractivity contribution in [2.24, 2.45) is 11.7 Å². The minimum atomic E-state index is -2.78. The zero-order chi connectivity index (χ0) is 13.9. The Morgan fingerprint density at radius 3 is 2.37 bits per heavy atom. The SMILES string of the molecule is CC(N)C1CCN(CC(F)(F)c2ccccc2)CC1. The summed E-state index contributed by atoms with van der Waals surface area (Å²) in [7, 11) is 0. The van der Waals surface area contributed by atoms with E-state index in [9.17, 15) is 8.78 Å². The van der Waals surface area contributed by atoms with Gasteiger partial charge in [0.2, 0.25) is 0 Å². The molecule has 1 aromatic carbocycles. The van der Waals surface area contributed by atoms with Crippen molar-refractivity contribution in [1.29, 1.82) is 0 Å². The lowest BCUT2D eigenvalue weighted by Gasteiger charge is -2.35. The van der Waals surface area contributed by atoms with E-state index in [0.29, 0.717) is 19.0 Å². The molecular formula is C15H22F2N2. The number of hydrogen-bond donors (Lipinski definition) is 1. The molecule has 0 aliphatic carbocycles. The van der Waals surface area contributed by atoms with Crippen molar-refractivity contribution >= 4 is 0 Å². The molecule has 2 N–H and O–H groups in total. The maximum absolute atomic E-state index is 14.1. The van der Waals surface area contributed by atoms with Gasteiger partial charge in [-0.2, -0.15) is 8.78 Å². The zero-order valence-corrected chi connectivity index (χ0v) is 11.4. The third-order valence-corrected chi connectivity index (χ3v) is 3.99. The highest BCUT2D eigenvalue weighted by molar-refractivity contribution is 5.20. The third kappa shape index (κ3) is 3.74. The molecule has 1 unspecified atom stereocenters. The first-order valence-electron chi connectivity index (χ1n) is 6.90. The first-order valence-corrected chi connectivity index (χ1v) is 6.90. The average Bonchev–Trinajstić information content (AvgIpc) is 2.40. The summed E-state index contributed by atoms with van der Waals surface area (Å²) in [5.74, 6) is -2.30. The highest BCUT2D eigenvalue weighted by Crippen LogP contribution is 2.30. The van der Waals surface area contributed by atoms with Gasteiger partial charge in [-0.1, -0.05) is 30.3 Å². The number of likely N-dealkylation sites (tertiary alicyclic amines) is 1. The van der Waals surface area contributed by atoms with Crippen molar-refractivity contribution in [3.8, 4) is 0 Å². The molecule has 0 saturated carbocycles. The molecule has 1 aliphatic rings. The predicted molar refractivity (Wildman–Crippen MR) is 73.1 cm³/mol. The van der Waals surface area contributed by atoms with Gasteiger partial charge in [0.15, 0.2) is 0 Å². The van der Waals surface area contributed by atoms with Crippen LogP contribution in [-0.2, 0) is 5.92 Å². The normalized spacial score (nSPS) is 20.4. The molecule has 0 radical (unpaired) electrons. The fourth-order valence-corrected chi connectivity index (χ4v) is 2.69. The van der Waals surface area contributed by atoms with Crippen LogP contribution in [0, 0.1) is 5.92 Å². The minimum absolute atomic E-state index is 0.101. The molecule has 0 bridgehead atoms. The number of rotatable bonds is 4. The maximum atomic E-state index is 14.1. The zero-order valence-electron chi connectivity index (χ0n) is 11.4. The van der Waals surface area contributed by atoms with Crippen molar-refractivity contribution in [3.05, 3.63) is 35.9 Å². The van der Waals surface area contributed by atoms with Crippen molar-refractivity contribution in [2.45, 2.75) is 31.7 Å². The van der Waals surface area contributed by atoms with Gasteiger partial charge in [-0.25, -0.2) is 0 Å². The Kier molecular flexibility index (Phi) is 4.53. The molecule has 1 heterocycles. The summed E-state index contributed by atoms with van der Waals surface area (Å²) >= 11 is 0. The Balaban J connectivity index is 1.92. The van der Waals surface area contributed by atoms with Crippen molar-refractivity contribution in [2.75, 3.05) is 19.6 Å². The molecule has 2 nitrogen and oxygen atoms in total. The lowest BCUT2D eigenvalue weighted by Crippen LogP contribution is -2.43. The smallest absolute Gasteiger partial charge is 0.285 e. The van der Waals surface area contributed by atoms with E-state index in [4.69, 9.17) is 5.73 Å². The maximum Gasteiger partial charge on any atom is 0.285 e. The molecular weight excluding hydrogens is 246 g/mol. The number of nitrogens with two attached hydrogens (primary N) is 1.